The molecule has 1 amide bonds. The van der Waals surface area contributed by atoms with Crippen molar-refractivity contribution in [1.29, 1.82) is 0 Å². The van der Waals surface area contributed by atoms with E-state index in [1.807, 2.05) is 6.07 Å². The number of carbonyl (C=O) groups excluding carboxylic acids is 1. The lowest BCUT2D eigenvalue weighted by molar-refractivity contribution is -1.02. The van der Waals surface area contributed by atoms with E-state index < -0.39 is 0 Å². The zero-order chi connectivity index (χ0) is 19.9. The Labute approximate surface area is 166 Å². The number of quaternary nitrogens is 2. The number of benzene rings is 2. The van der Waals surface area contributed by atoms with Gasteiger partial charge in [-0.2, -0.15) is 0 Å². The number of hydrogen-bond donors (Lipinski definition) is 3. The summed E-state index contributed by atoms with van der Waals surface area (Å²) in [6.45, 7) is 8.02. The highest BCUT2D eigenvalue weighted by Crippen LogP contribution is 2.18. The predicted octanol–water partition coefficient (Wildman–Crippen LogP) is -0.257. The summed E-state index contributed by atoms with van der Waals surface area (Å²) in [4.78, 5) is 15.1. The molecule has 1 saturated heterocycles. The number of ether oxygens (including phenoxy) is 1. The summed E-state index contributed by atoms with van der Waals surface area (Å²) in [5.74, 6) is 0.736. The van der Waals surface area contributed by atoms with Crippen molar-refractivity contribution in [1.82, 2.24) is 5.32 Å². The lowest BCUT2D eigenvalue weighted by Crippen LogP contribution is -3.28. The van der Waals surface area contributed by atoms with Crippen LogP contribution in [0.4, 0.5) is 4.39 Å². The van der Waals surface area contributed by atoms with Crippen LogP contribution in [-0.4, -0.2) is 45.7 Å². The van der Waals surface area contributed by atoms with Gasteiger partial charge in [-0.1, -0.05) is 23.8 Å². The standard InChI is InChI=1S/C22H28FN3O2/c1-17-3-8-21(28-2)19(13-17)15-25-9-11-26(12-10-25)16-22(27)24-14-18-4-6-20(23)7-5-18/h3-8,13H,9-12,14-16H2,1-2H3,(H,24,27)/p+2. The number of halogens is 1. The molecule has 1 aliphatic rings. The molecule has 28 heavy (non-hydrogen) atoms. The number of methoxy groups -OCH3 is 1. The molecule has 3 N–H and O–H groups in total. The summed E-state index contributed by atoms with van der Waals surface area (Å²) in [5, 5.41) is 2.93. The molecule has 0 spiro atoms. The van der Waals surface area contributed by atoms with Gasteiger partial charge in [-0.25, -0.2) is 4.39 Å². The summed E-state index contributed by atoms with van der Waals surface area (Å²) < 4.78 is 18.4. The van der Waals surface area contributed by atoms with Gasteiger partial charge in [0.25, 0.3) is 5.91 Å². The van der Waals surface area contributed by atoms with Crippen molar-refractivity contribution in [2.24, 2.45) is 0 Å². The van der Waals surface area contributed by atoms with Crippen LogP contribution < -0.4 is 19.9 Å². The average Bonchev–Trinajstić information content (AvgIpc) is 2.69. The summed E-state index contributed by atoms with van der Waals surface area (Å²) in [5.41, 5.74) is 3.40. The van der Waals surface area contributed by atoms with E-state index in [0.29, 0.717) is 13.1 Å². The second-order valence-electron chi connectivity index (χ2n) is 7.57. The van der Waals surface area contributed by atoms with Gasteiger partial charge in [-0.05, 0) is 36.8 Å². The fourth-order valence-corrected chi connectivity index (χ4v) is 3.72. The normalized spacial score (nSPS) is 19.2. The maximum atomic E-state index is 12.9. The zero-order valence-corrected chi connectivity index (χ0v) is 16.7. The Morgan fingerprint density at radius 1 is 1.07 bits per heavy atom. The van der Waals surface area contributed by atoms with E-state index in [9.17, 15) is 9.18 Å². The molecule has 0 radical (unpaired) electrons. The molecule has 0 aliphatic carbocycles. The first kappa shape index (κ1) is 20.3. The molecule has 2 aromatic rings. The smallest absolute Gasteiger partial charge is 0.275 e. The minimum atomic E-state index is -0.261. The molecule has 2 aromatic carbocycles. The molecular formula is C22H30FN3O2+2. The predicted molar refractivity (Wildman–Crippen MR) is 106 cm³/mol. The second kappa shape index (κ2) is 9.66. The van der Waals surface area contributed by atoms with Crippen molar-refractivity contribution in [3.05, 3.63) is 65.0 Å². The van der Waals surface area contributed by atoms with E-state index in [1.54, 1.807) is 19.2 Å². The van der Waals surface area contributed by atoms with Gasteiger partial charge in [-0.15, -0.1) is 0 Å². The van der Waals surface area contributed by atoms with E-state index in [-0.39, 0.29) is 11.7 Å². The molecule has 0 aromatic heterocycles. The molecule has 150 valence electrons. The fourth-order valence-electron chi connectivity index (χ4n) is 3.72. The van der Waals surface area contributed by atoms with E-state index in [2.05, 4.69) is 24.4 Å². The molecule has 0 unspecified atom stereocenters. The molecule has 6 heteroatoms. The maximum Gasteiger partial charge on any atom is 0.275 e. The van der Waals surface area contributed by atoms with Crippen LogP contribution in [0, 0.1) is 12.7 Å². The van der Waals surface area contributed by atoms with Crippen molar-refractivity contribution in [3.63, 3.8) is 0 Å². The Morgan fingerprint density at radius 2 is 1.75 bits per heavy atom. The van der Waals surface area contributed by atoms with Crippen LogP contribution in [0.2, 0.25) is 0 Å². The maximum absolute atomic E-state index is 12.9. The van der Waals surface area contributed by atoms with Gasteiger partial charge in [0.1, 0.15) is 44.3 Å². The SMILES string of the molecule is COc1ccc(C)cc1C[NH+]1CC[NH+](CC(=O)NCc2ccc(F)cc2)CC1. The molecule has 1 aliphatic heterocycles. The number of amides is 1. The Bertz CT molecular complexity index is 787. The van der Waals surface area contributed by atoms with Crippen LogP contribution in [0.15, 0.2) is 42.5 Å². The van der Waals surface area contributed by atoms with Crippen molar-refractivity contribution in [2.45, 2.75) is 20.0 Å². The first-order valence-corrected chi connectivity index (χ1v) is 9.85. The number of rotatable bonds is 7. The van der Waals surface area contributed by atoms with Crippen LogP contribution in [-0.2, 0) is 17.9 Å². The third-order valence-corrected chi connectivity index (χ3v) is 5.35. The van der Waals surface area contributed by atoms with Gasteiger partial charge < -0.3 is 19.9 Å². The lowest BCUT2D eigenvalue weighted by Gasteiger charge is -2.29. The molecule has 5 nitrogen and oxygen atoms in total. The molecule has 0 atom stereocenters. The van der Waals surface area contributed by atoms with Crippen molar-refractivity contribution < 1.29 is 23.7 Å². The van der Waals surface area contributed by atoms with Crippen LogP contribution in [0.5, 0.6) is 5.75 Å². The minimum Gasteiger partial charge on any atom is -0.496 e. The first-order valence-electron chi connectivity index (χ1n) is 9.85. The van der Waals surface area contributed by atoms with Crippen molar-refractivity contribution in [2.75, 3.05) is 39.8 Å². The third kappa shape index (κ3) is 5.78. The van der Waals surface area contributed by atoms with E-state index in [1.165, 1.54) is 33.1 Å². The number of aryl methyl sites for hydroxylation is 1. The Morgan fingerprint density at radius 3 is 2.43 bits per heavy atom. The van der Waals surface area contributed by atoms with Gasteiger partial charge in [0.05, 0.1) is 7.11 Å². The van der Waals surface area contributed by atoms with Gasteiger partial charge >= 0.3 is 0 Å². The zero-order valence-electron chi connectivity index (χ0n) is 16.7. The van der Waals surface area contributed by atoms with Gasteiger partial charge in [-0.3, -0.25) is 4.79 Å². The average molecular weight is 387 g/mol. The van der Waals surface area contributed by atoms with Crippen LogP contribution in [0.25, 0.3) is 0 Å². The largest absolute Gasteiger partial charge is 0.496 e. The Hall–Kier alpha value is -2.44. The first-order chi connectivity index (χ1) is 13.5. The third-order valence-electron chi connectivity index (χ3n) is 5.35. The van der Waals surface area contributed by atoms with Crippen LogP contribution >= 0.6 is 0 Å². The highest BCUT2D eigenvalue weighted by Gasteiger charge is 2.25. The van der Waals surface area contributed by atoms with Gasteiger partial charge in [0.15, 0.2) is 6.54 Å². The Kier molecular flexibility index (Phi) is 7.01. The molecule has 3 rings (SSSR count). The summed E-state index contributed by atoms with van der Waals surface area (Å²) in [6.07, 6.45) is 0. The lowest BCUT2D eigenvalue weighted by atomic mass is 10.1. The Balaban J connectivity index is 1.42. The number of nitrogens with one attached hydrogen (secondary N) is 3. The van der Waals surface area contributed by atoms with Crippen molar-refractivity contribution >= 4 is 5.91 Å². The van der Waals surface area contributed by atoms with Gasteiger partial charge in [0, 0.05) is 12.1 Å². The van der Waals surface area contributed by atoms with Gasteiger partial charge in [0.2, 0.25) is 0 Å². The van der Waals surface area contributed by atoms with E-state index in [4.69, 9.17) is 4.74 Å². The molecular weight excluding hydrogens is 357 g/mol. The van der Waals surface area contributed by atoms with E-state index in [0.717, 1.165) is 44.0 Å². The van der Waals surface area contributed by atoms with Crippen LogP contribution in [0.3, 0.4) is 0 Å². The monoisotopic (exact) mass is 387 g/mol. The fraction of sp³-hybridized carbons (Fsp3) is 0.409. The number of carbonyl (C=O) groups is 1. The highest BCUT2D eigenvalue weighted by molar-refractivity contribution is 5.76. The second-order valence-corrected chi connectivity index (χ2v) is 7.57. The number of piperazine rings is 1. The van der Waals surface area contributed by atoms with Crippen molar-refractivity contribution in [3.8, 4) is 5.75 Å². The summed E-state index contributed by atoms with van der Waals surface area (Å²) in [7, 11) is 1.72. The van der Waals surface area contributed by atoms with E-state index >= 15 is 0 Å². The number of hydrogen-bond acceptors (Lipinski definition) is 2. The quantitative estimate of drug-likeness (QED) is 0.613. The topological polar surface area (TPSA) is 47.2 Å². The molecule has 1 heterocycles. The molecule has 0 saturated carbocycles. The summed E-state index contributed by atoms with van der Waals surface area (Å²) in [6, 6.07) is 12.5. The summed E-state index contributed by atoms with van der Waals surface area (Å²) >= 11 is 0. The highest BCUT2D eigenvalue weighted by atomic mass is 19.1. The van der Waals surface area contributed by atoms with Crippen LogP contribution in [0.1, 0.15) is 16.7 Å². The molecule has 1 fully saturated rings. The minimum absolute atomic E-state index is 0.0446. The molecule has 0 bridgehead atoms.